The second-order valence-corrected chi connectivity index (χ2v) is 8.52. The van der Waals surface area contributed by atoms with Crippen LogP contribution in [0.3, 0.4) is 0 Å². The lowest BCUT2D eigenvalue weighted by Gasteiger charge is -2.35. The number of carbonyl (C=O) groups is 3. The van der Waals surface area contributed by atoms with E-state index in [4.69, 9.17) is 4.74 Å². The van der Waals surface area contributed by atoms with Gasteiger partial charge in [0.15, 0.2) is 11.5 Å². The van der Waals surface area contributed by atoms with Gasteiger partial charge in [-0.15, -0.1) is 0 Å². The summed E-state index contributed by atoms with van der Waals surface area (Å²) in [6.07, 6.45) is 3.68. The van der Waals surface area contributed by atoms with Gasteiger partial charge in [-0.2, -0.15) is 0 Å². The fourth-order valence-electron chi connectivity index (χ4n) is 5.47. The molecule has 3 aliphatic rings. The van der Waals surface area contributed by atoms with Gasteiger partial charge >= 0.3 is 5.69 Å². The average molecular weight is 447 g/mol. The predicted octanol–water partition coefficient (Wildman–Crippen LogP) is 3.02. The van der Waals surface area contributed by atoms with Gasteiger partial charge in [0.25, 0.3) is 0 Å². The molecule has 9 nitrogen and oxygen atoms in total. The molecule has 2 saturated heterocycles. The number of methoxy groups -OCH3 is 1. The number of rotatable bonds is 4. The Morgan fingerprint density at radius 3 is 2.48 bits per heavy atom. The zero-order valence-electron chi connectivity index (χ0n) is 18.2. The largest absolute Gasteiger partial charge is 0.490 e. The molecule has 2 fully saturated rings. The molecule has 0 radical (unpaired) electrons. The summed E-state index contributed by atoms with van der Waals surface area (Å²) in [7, 11) is 1.29. The van der Waals surface area contributed by atoms with Gasteiger partial charge in [0.1, 0.15) is 0 Å². The van der Waals surface area contributed by atoms with Crippen molar-refractivity contribution in [1.82, 2.24) is 4.90 Å². The molecule has 0 unspecified atom stereocenters. The fraction of sp³-hybridized carbons (Fsp3) is 0.292. The van der Waals surface area contributed by atoms with Crippen LogP contribution in [0, 0.1) is 28.9 Å². The lowest BCUT2D eigenvalue weighted by Crippen LogP contribution is -2.43. The van der Waals surface area contributed by atoms with Gasteiger partial charge < -0.3 is 9.64 Å². The van der Waals surface area contributed by atoms with Gasteiger partial charge in [0.2, 0.25) is 11.8 Å². The number of anilines is 1. The molecule has 0 spiro atoms. The predicted molar refractivity (Wildman–Crippen MR) is 118 cm³/mol. The molecule has 168 valence electrons. The van der Waals surface area contributed by atoms with Crippen LogP contribution in [0.4, 0.5) is 11.4 Å². The molecule has 0 aliphatic carbocycles. The summed E-state index contributed by atoms with van der Waals surface area (Å²) in [5.74, 6) is -2.75. The number of Topliss-reactive ketones (excluding diaryl/α,β-unsaturated/α-hetero) is 1. The minimum absolute atomic E-state index is 0.0473. The maximum atomic E-state index is 13.8. The van der Waals surface area contributed by atoms with Gasteiger partial charge in [0.05, 0.1) is 41.6 Å². The Morgan fingerprint density at radius 2 is 1.82 bits per heavy atom. The minimum Gasteiger partial charge on any atom is -0.490 e. The van der Waals surface area contributed by atoms with Crippen molar-refractivity contribution < 1.29 is 24.0 Å². The number of hydrogen-bond donors (Lipinski definition) is 0. The summed E-state index contributed by atoms with van der Waals surface area (Å²) in [6.45, 7) is 3.03. The average Bonchev–Trinajstić information content (AvgIpc) is 3.26. The third-order valence-electron chi connectivity index (χ3n) is 6.81. The van der Waals surface area contributed by atoms with E-state index in [2.05, 4.69) is 0 Å². The first-order valence-corrected chi connectivity index (χ1v) is 10.5. The third-order valence-corrected chi connectivity index (χ3v) is 6.81. The Kier molecular flexibility index (Phi) is 4.59. The molecule has 3 heterocycles. The minimum atomic E-state index is -0.851. The molecule has 5 rings (SSSR count). The summed E-state index contributed by atoms with van der Waals surface area (Å²) >= 11 is 0. The van der Waals surface area contributed by atoms with E-state index in [0.29, 0.717) is 5.56 Å². The SMILES string of the molecule is COc1cc(N2C(=O)[C@@H]3[C@H](C2=O)[C@@H]2c4ccccc4C=CN2[C@@H]3C(C)=O)c(C)cc1[N+](=O)[O-]. The number of carbonyl (C=O) groups excluding carboxylic acids is 3. The highest BCUT2D eigenvalue weighted by Crippen LogP contribution is 2.53. The van der Waals surface area contributed by atoms with Crippen molar-refractivity contribution >= 4 is 35.0 Å². The number of hydrogen-bond acceptors (Lipinski definition) is 7. The molecule has 3 aliphatic heterocycles. The fourth-order valence-corrected chi connectivity index (χ4v) is 5.47. The van der Waals surface area contributed by atoms with Crippen LogP contribution in [0.5, 0.6) is 5.75 Å². The van der Waals surface area contributed by atoms with Gasteiger partial charge in [-0.25, -0.2) is 4.90 Å². The molecular formula is C24H21N3O6. The number of benzene rings is 2. The first-order chi connectivity index (χ1) is 15.8. The molecular weight excluding hydrogens is 426 g/mol. The molecule has 0 N–H and O–H groups in total. The highest BCUT2D eigenvalue weighted by molar-refractivity contribution is 6.24. The van der Waals surface area contributed by atoms with E-state index in [1.54, 1.807) is 13.1 Å². The number of aryl methyl sites for hydroxylation is 1. The van der Waals surface area contributed by atoms with Crippen LogP contribution in [0.2, 0.25) is 0 Å². The summed E-state index contributed by atoms with van der Waals surface area (Å²) in [5.41, 5.74) is 2.20. The van der Waals surface area contributed by atoms with E-state index in [-0.39, 0.29) is 22.9 Å². The van der Waals surface area contributed by atoms with E-state index in [9.17, 15) is 24.5 Å². The van der Waals surface area contributed by atoms with Crippen molar-refractivity contribution in [3.8, 4) is 5.75 Å². The topological polar surface area (TPSA) is 110 Å². The molecule has 33 heavy (non-hydrogen) atoms. The van der Waals surface area contributed by atoms with E-state index in [1.165, 1.54) is 26.2 Å². The maximum absolute atomic E-state index is 13.8. The molecule has 4 atom stereocenters. The number of ketones is 1. The molecule has 0 bridgehead atoms. The van der Waals surface area contributed by atoms with Gasteiger partial charge in [-0.1, -0.05) is 24.3 Å². The molecule has 0 saturated carbocycles. The van der Waals surface area contributed by atoms with Crippen LogP contribution in [0.25, 0.3) is 6.08 Å². The highest BCUT2D eigenvalue weighted by Gasteiger charge is 2.64. The van der Waals surface area contributed by atoms with E-state index < -0.39 is 40.7 Å². The van der Waals surface area contributed by atoms with Crippen molar-refractivity contribution in [2.45, 2.75) is 25.9 Å². The second-order valence-electron chi connectivity index (χ2n) is 8.52. The highest BCUT2D eigenvalue weighted by atomic mass is 16.6. The standard InChI is InChI=1S/C24H21N3O6/c1-12-10-17(27(31)32)18(33-3)11-16(12)26-23(29)19-20(24(26)30)22-15-7-5-4-6-14(15)8-9-25(22)21(19)13(2)28/h4-11,19-22H,1-3H3/t19-,20+,21-,22+/m1/s1. The summed E-state index contributed by atoms with van der Waals surface area (Å²) in [5, 5.41) is 11.4. The van der Waals surface area contributed by atoms with E-state index in [1.807, 2.05) is 35.2 Å². The first-order valence-electron chi connectivity index (χ1n) is 10.5. The monoisotopic (exact) mass is 447 g/mol. The molecule has 9 heteroatoms. The van der Waals surface area contributed by atoms with Crippen LogP contribution in [-0.4, -0.2) is 40.6 Å². The van der Waals surface area contributed by atoms with Gasteiger partial charge in [-0.05, 0) is 36.6 Å². The molecule has 0 aromatic heterocycles. The lowest BCUT2D eigenvalue weighted by molar-refractivity contribution is -0.385. The normalized spacial score (nSPS) is 25.1. The van der Waals surface area contributed by atoms with Crippen LogP contribution in [0.1, 0.15) is 29.7 Å². The third kappa shape index (κ3) is 2.81. The number of ether oxygens (including phenoxy) is 1. The Morgan fingerprint density at radius 1 is 1.12 bits per heavy atom. The number of nitrogens with zero attached hydrogens (tertiary/aromatic N) is 3. The Bertz CT molecular complexity index is 1270. The smallest absolute Gasteiger partial charge is 0.311 e. The first kappa shape index (κ1) is 20.9. The Balaban J connectivity index is 1.65. The maximum Gasteiger partial charge on any atom is 0.311 e. The molecule has 2 amide bonds. The summed E-state index contributed by atoms with van der Waals surface area (Å²) in [6, 6.07) is 9.03. The summed E-state index contributed by atoms with van der Waals surface area (Å²) in [4.78, 5) is 53.8. The number of nitro benzene ring substituents is 1. The van der Waals surface area contributed by atoms with Crippen molar-refractivity contribution in [2.75, 3.05) is 12.0 Å². The van der Waals surface area contributed by atoms with Crippen LogP contribution >= 0.6 is 0 Å². The van der Waals surface area contributed by atoms with Crippen molar-refractivity contribution in [3.63, 3.8) is 0 Å². The quantitative estimate of drug-likeness (QED) is 0.402. The van der Waals surface area contributed by atoms with Crippen molar-refractivity contribution in [1.29, 1.82) is 0 Å². The molecule has 2 aromatic carbocycles. The number of fused-ring (bicyclic) bond motifs is 5. The zero-order valence-corrected chi connectivity index (χ0v) is 18.2. The van der Waals surface area contributed by atoms with Gasteiger partial charge in [-0.3, -0.25) is 24.5 Å². The summed E-state index contributed by atoms with van der Waals surface area (Å²) < 4.78 is 5.16. The van der Waals surface area contributed by atoms with Crippen LogP contribution < -0.4 is 9.64 Å². The number of amides is 2. The number of imide groups is 1. The van der Waals surface area contributed by atoms with E-state index in [0.717, 1.165) is 16.0 Å². The van der Waals surface area contributed by atoms with Crippen LogP contribution in [0.15, 0.2) is 42.6 Å². The van der Waals surface area contributed by atoms with Gasteiger partial charge in [0, 0.05) is 18.3 Å². The zero-order chi connectivity index (χ0) is 23.6. The lowest BCUT2D eigenvalue weighted by atomic mass is 9.84. The molecule has 2 aromatic rings. The van der Waals surface area contributed by atoms with Crippen molar-refractivity contribution in [2.24, 2.45) is 11.8 Å². The van der Waals surface area contributed by atoms with E-state index >= 15 is 0 Å². The Hall–Kier alpha value is -4.01. The Labute approximate surface area is 189 Å². The van der Waals surface area contributed by atoms with Crippen molar-refractivity contribution in [3.05, 3.63) is 69.4 Å². The second kappa shape index (κ2) is 7.26. The van der Waals surface area contributed by atoms with Crippen LogP contribution in [-0.2, 0) is 14.4 Å². The number of nitro groups is 1.